The minimum absolute atomic E-state index is 0.125. The lowest BCUT2D eigenvalue weighted by molar-refractivity contribution is -0.211. The van der Waals surface area contributed by atoms with Gasteiger partial charge < -0.3 is 60.5 Å². The molecule has 0 aliphatic carbocycles. The molecule has 1 aliphatic heterocycles. The summed E-state index contributed by atoms with van der Waals surface area (Å²) in [5, 5.41) is 19.8. The molecule has 20 nitrogen and oxygen atoms in total. The molecule has 9 atom stereocenters. The number of nitrogens with two attached hydrogens (primary N) is 1. The van der Waals surface area contributed by atoms with Gasteiger partial charge >= 0.3 is 30.1 Å². The zero-order valence-electron chi connectivity index (χ0n) is 31.3. The normalized spacial score (nSPS) is 21.9. The quantitative estimate of drug-likeness (QED) is 0.0658. The van der Waals surface area contributed by atoms with Crippen molar-refractivity contribution >= 4 is 94.4 Å². The Balaban J connectivity index is 3.53. The number of amides is 5. The van der Waals surface area contributed by atoms with Gasteiger partial charge in [0.25, 0.3) is 0 Å². The van der Waals surface area contributed by atoms with Gasteiger partial charge in [0.1, 0.15) is 54.5 Å². The fourth-order valence-corrected chi connectivity index (χ4v) is 6.00. The molecule has 0 bridgehead atoms. The highest BCUT2D eigenvalue weighted by atomic mass is 35.6. The van der Waals surface area contributed by atoms with Gasteiger partial charge in [0.15, 0.2) is 12.2 Å². The molecule has 1 fully saturated rings. The molecule has 55 heavy (non-hydrogen) atoms. The van der Waals surface area contributed by atoms with Crippen molar-refractivity contribution in [1.29, 1.82) is 0 Å². The van der Waals surface area contributed by atoms with Crippen LogP contribution in [-0.4, -0.2) is 135 Å². The highest BCUT2D eigenvalue weighted by Gasteiger charge is 2.51. The summed E-state index contributed by atoms with van der Waals surface area (Å²) in [4.78, 5) is 99.9. The van der Waals surface area contributed by atoms with E-state index in [2.05, 4.69) is 21.3 Å². The predicted molar refractivity (Wildman–Crippen MR) is 196 cm³/mol. The van der Waals surface area contributed by atoms with Crippen LogP contribution in [-0.2, 0) is 57.2 Å². The topological polar surface area (TPSA) is 286 Å². The minimum Gasteiger partial charge on any atom is -0.463 e. The number of ether oxygens (including phenoxy) is 6. The summed E-state index contributed by atoms with van der Waals surface area (Å²) in [5.74, 6) is -5.39. The monoisotopic (exact) mass is 867 g/mol. The maximum atomic E-state index is 13.4. The third-order valence-electron chi connectivity index (χ3n) is 6.90. The molecule has 0 aromatic carbocycles. The lowest BCUT2D eigenvalue weighted by Gasteiger charge is -2.45. The molecule has 1 rings (SSSR count). The predicted octanol–water partition coefficient (Wildman–Crippen LogP) is 0.475. The van der Waals surface area contributed by atoms with Gasteiger partial charge in [0.2, 0.25) is 21.5 Å². The second kappa shape index (κ2) is 22.3. The summed E-state index contributed by atoms with van der Waals surface area (Å²) < 4.78 is 30.2. The number of esters is 3. The van der Waals surface area contributed by atoms with E-state index in [1.807, 2.05) is 0 Å². The number of rotatable bonds is 17. The molecule has 24 heteroatoms. The highest BCUT2D eigenvalue weighted by molar-refractivity contribution is 7.99. The molecule has 7 N–H and O–H groups in total. The van der Waals surface area contributed by atoms with E-state index in [4.69, 9.17) is 69.0 Å². The Morgan fingerprint density at radius 3 is 1.91 bits per heavy atom. The van der Waals surface area contributed by atoms with Crippen molar-refractivity contribution in [3.8, 4) is 0 Å². The Morgan fingerprint density at radius 1 is 0.836 bits per heavy atom. The molecule has 1 aliphatic rings. The SMILES string of the molecule is CC(=O)OC[C@H]1O[C@@H](SCC[C@H](NC(=O)[C@@H](NC(=O)OC(C)(C)C)[C@@H](C)O)C(=O)N[C@@H](C)C(N)=O)[C@H](NC(=O)OCC(Cl)(Cl)Cl)[C@@H](OC(C)=O)[C@@H]1OC(C)=O. The smallest absolute Gasteiger partial charge is 0.408 e. The zero-order chi connectivity index (χ0) is 42.4. The number of alkyl halides is 3. The van der Waals surface area contributed by atoms with Crippen LogP contribution in [0.4, 0.5) is 9.59 Å². The van der Waals surface area contributed by atoms with Gasteiger partial charge in [0, 0.05) is 20.8 Å². The maximum absolute atomic E-state index is 13.4. The molecule has 1 heterocycles. The van der Waals surface area contributed by atoms with Gasteiger partial charge in [-0.2, -0.15) is 0 Å². The van der Waals surface area contributed by atoms with E-state index in [0.29, 0.717) is 0 Å². The maximum Gasteiger partial charge on any atom is 0.408 e. The summed E-state index contributed by atoms with van der Waals surface area (Å²) in [7, 11) is 0. The van der Waals surface area contributed by atoms with E-state index in [1.54, 1.807) is 20.8 Å². The number of alkyl carbamates (subject to hydrolysis) is 2. The zero-order valence-corrected chi connectivity index (χ0v) is 34.4. The van der Waals surface area contributed by atoms with Crippen LogP contribution in [0.5, 0.6) is 0 Å². The van der Waals surface area contributed by atoms with E-state index >= 15 is 0 Å². The van der Waals surface area contributed by atoms with Gasteiger partial charge in [-0.05, 0) is 46.8 Å². The number of primary amides is 1. The summed E-state index contributed by atoms with van der Waals surface area (Å²) in [6.07, 6.45) is -8.20. The fourth-order valence-electron chi connectivity index (χ4n) is 4.58. The summed E-state index contributed by atoms with van der Waals surface area (Å²) >= 11 is 18.0. The third kappa shape index (κ3) is 19.3. The molecule has 1 saturated heterocycles. The summed E-state index contributed by atoms with van der Waals surface area (Å²) in [6.45, 7) is 9.21. The van der Waals surface area contributed by atoms with Gasteiger partial charge in [-0.3, -0.25) is 28.8 Å². The van der Waals surface area contributed by atoms with Crippen LogP contribution in [0.25, 0.3) is 0 Å². The van der Waals surface area contributed by atoms with Gasteiger partial charge in [-0.1, -0.05) is 34.8 Å². The average Bonchev–Trinajstić information content (AvgIpc) is 3.01. The molecular formula is C31H48Cl3N5O15S. The number of nitrogens with one attached hydrogen (secondary N) is 4. The van der Waals surface area contributed by atoms with E-state index in [9.17, 15) is 43.5 Å². The first kappa shape index (κ1) is 49.5. The Kier molecular flexibility index (Phi) is 20.1. The average molecular weight is 869 g/mol. The molecule has 5 amide bonds. The van der Waals surface area contributed by atoms with Crippen molar-refractivity contribution in [2.45, 2.75) is 125 Å². The van der Waals surface area contributed by atoms with E-state index in [-0.39, 0.29) is 12.2 Å². The minimum atomic E-state index is -2.01. The van der Waals surface area contributed by atoms with Crippen molar-refractivity contribution in [1.82, 2.24) is 21.3 Å². The van der Waals surface area contributed by atoms with Crippen molar-refractivity contribution < 1.29 is 71.9 Å². The number of aliphatic hydroxyl groups is 1. The van der Waals surface area contributed by atoms with E-state index in [1.165, 1.54) is 13.8 Å². The van der Waals surface area contributed by atoms with E-state index < -0.39 is 124 Å². The van der Waals surface area contributed by atoms with Crippen molar-refractivity contribution in [2.24, 2.45) is 5.73 Å². The number of carbonyl (C=O) groups excluding carboxylic acids is 8. The standard InChI is InChI=1S/C31H48Cl3N5O15S/c1-13(24(35)44)36-25(45)18(37-26(46)20(14(2)40)38-29(48)54-30(6,7)8)9-10-55-27-21(39-28(47)50-12-31(32,33)34)23(52-17(5)43)22(51-16(4)42)19(53-27)11-49-15(3)41/h13-14,18-23,27,40H,9-12H2,1-8H3,(H2,35,44)(H,36,45)(H,37,46)(H,38,48)(H,39,47)/t13-,14+,18-,19+,20-,21+,22+,23+,27-/m0/s1. The van der Waals surface area contributed by atoms with Crippen molar-refractivity contribution in [3.05, 3.63) is 0 Å². The molecule has 0 aromatic rings. The van der Waals surface area contributed by atoms with Gasteiger partial charge in [-0.25, -0.2) is 9.59 Å². The summed E-state index contributed by atoms with van der Waals surface area (Å²) in [5.41, 5.74) is 3.08. The van der Waals surface area contributed by atoms with Crippen LogP contribution in [0.3, 0.4) is 0 Å². The Morgan fingerprint density at radius 2 is 1.42 bits per heavy atom. The first-order chi connectivity index (χ1) is 25.2. The number of carbonyl (C=O) groups is 8. The van der Waals surface area contributed by atoms with Crippen LogP contribution in [0.15, 0.2) is 0 Å². The third-order valence-corrected chi connectivity index (χ3v) is 8.43. The van der Waals surface area contributed by atoms with Crippen LogP contribution in [0.2, 0.25) is 0 Å². The second-order valence-corrected chi connectivity index (χ2v) is 16.8. The number of hydrogen-bond donors (Lipinski definition) is 6. The fraction of sp³-hybridized carbons (Fsp3) is 0.742. The Hall–Kier alpha value is -3.50. The number of hydrogen-bond acceptors (Lipinski definition) is 16. The molecule has 0 saturated carbocycles. The lowest BCUT2D eigenvalue weighted by atomic mass is 9.97. The second-order valence-electron chi connectivity index (χ2n) is 13.1. The van der Waals surface area contributed by atoms with Crippen molar-refractivity contribution in [2.75, 3.05) is 19.0 Å². The first-order valence-electron chi connectivity index (χ1n) is 16.5. The van der Waals surface area contributed by atoms with Crippen LogP contribution in [0, 0.1) is 0 Å². The first-order valence-corrected chi connectivity index (χ1v) is 18.7. The molecule has 314 valence electrons. The Labute approximate surface area is 336 Å². The van der Waals surface area contributed by atoms with Gasteiger partial charge in [0.05, 0.1) is 6.10 Å². The van der Waals surface area contributed by atoms with Crippen LogP contribution < -0.4 is 27.0 Å². The van der Waals surface area contributed by atoms with Crippen LogP contribution in [0.1, 0.15) is 61.8 Å². The van der Waals surface area contributed by atoms with Crippen molar-refractivity contribution in [3.63, 3.8) is 0 Å². The van der Waals surface area contributed by atoms with E-state index in [0.717, 1.165) is 32.5 Å². The lowest BCUT2D eigenvalue weighted by Crippen LogP contribution is -2.65. The number of halogens is 3. The largest absolute Gasteiger partial charge is 0.463 e. The van der Waals surface area contributed by atoms with Gasteiger partial charge in [-0.15, -0.1) is 11.8 Å². The number of aliphatic hydroxyl groups excluding tert-OH is 1. The molecule has 0 unspecified atom stereocenters. The Bertz CT molecular complexity index is 1400. The highest BCUT2D eigenvalue weighted by Crippen LogP contribution is 2.33. The molecule has 0 aromatic heterocycles. The molecule has 0 radical (unpaired) electrons. The van der Waals surface area contributed by atoms with Crippen LogP contribution >= 0.6 is 46.6 Å². The molecular weight excluding hydrogens is 821 g/mol. The summed E-state index contributed by atoms with van der Waals surface area (Å²) in [6, 6.07) is -5.65. The number of thioether (sulfide) groups is 1. The molecule has 0 spiro atoms.